The van der Waals surface area contributed by atoms with Crippen LogP contribution in [0.15, 0.2) is 103 Å². The minimum absolute atomic E-state index is 0.0307. The highest BCUT2D eigenvalue weighted by Gasteiger charge is 2.70. The van der Waals surface area contributed by atoms with E-state index >= 15 is 4.79 Å². The van der Waals surface area contributed by atoms with Gasteiger partial charge in [0.05, 0.1) is 46.6 Å². The molecule has 8 rings (SSSR count). The first-order valence-electron chi connectivity index (χ1n) is 16.8. The number of carbonyl (C=O) groups is 4. The summed E-state index contributed by atoms with van der Waals surface area (Å²) in [4.78, 5) is 70.4. The number of nitro groups is 1. The maximum absolute atomic E-state index is 15.2. The number of hydrogen-bond acceptors (Lipinski definition) is 9. The average Bonchev–Trinajstić information content (AvgIpc) is 3.53. The fourth-order valence-corrected chi connectivity index (χ4v) is 9.02. The van der Waals surface area contributed by atoms with Crippen LogP contribution in [-0.2, 0) is 24.6 Å². The molecule has 0 aromatic heterocycles. The van der Waals surface area contributed by atoms with Crippen LogP contribution in [0.4, 0.5) is 21.5 Å². The molecular weight excluding hydrogens is 707 g/mol. The number of nitrogens with one attached hydrogen (secondary N) is 1. The lowest BCUT2D eigenvalue weighted by atomic mass is 9.49. The number of hydrazine groups is 1. The van der Waals surface area contributed by atoms with Gasteiger partial charge in [-0.1, -0.05) is 47.5 Å². The molecule has 6 unspecified atom stereocenters. The second-order valence-electron chi connectivity index (χ2n) is 13.6. The molecule has 2 aliphatic carbocycles. The highest BCUT2D eigenvalue weighted by molar-refractivity contribution is 6.30. The Morgan fingerprint density at radius 2 is 1.68 bits per heavy atom. The van der Waals surface area contributed by atoms with Crippen LogP contribution < -0.4 is 15.1 Å². The number of phenolic OH excluding ortho intramolecular Hbond substituents is 1. The molecule has 14 heteroatoms. The van der Waals surface area contributed by atoms with Crippen molar-refractivity contribution in [2.45, 2.75) is 24.2 Å². The van der Waals surface area contributed by atoms with Gasteiger partial charge in [0.25, 0.3) is 17.5 Å². The van der Waals surface area contributed by atoms with Crippen molar-refractivity contribution in [3.05, 3.63) is 135 Å². The van der Waals surface area contributed by atoms with E-state index in [1.54, 1.807) is 36.4 Å². The number of allylic oxidation sites excluding steroid dienone is 2. The Morgan fingerprint density at radius 1 is 0.943 bits per heavy atom. The molecule has 2 aliphatic heterocycles. The largest absolute Gasteiger partial charge is 0.508 e. The van der Waals surface area contributed by atoms with Gasteiger partial charge in [0.1, 0.15) is 17.3 Å². The Labute approximate surface area is 306 Å². The molecule has 4 aromatic carbocycles. The van der Waals surface area contributed by atoms with Gasteiger partial charge in [-0.2, -0.15) is 5.01 Å². The van der Waals surface area contributed by atoms with Crippen molar-refractivity contribution < 1.29 is 38.3 Å². The Hall–Kier alpha value is -6.08. The topological polar surface area (TPSA) is 159 Å². The minimum Gasteiger partial charge on any atom is -0.508 e. The lowest BCUT2D eigenvalue weighted by molar-refractivity contribution is -0.384. The minimum atomic E-state index is -1.69. The van der Waals surface area contributed by atoms with E-state index < -0.39 is 69.4 Å². The van der Waals surface area contributed by atoms with Gasteiger partial charge in [0, 0.05) is 34.7 Å². The van der Waals surface area contributed by atoms with Crippen LogP contribution in [0, 0.1) is 39.6 Å². The summed E-state index contributed by atoms with van der Waals surface area (Å²) in [7, 11) is 1.44. The number of hydrogen-bond donors (Lipinski definition) is 2. The van der Waals surface area contributed by atoms with Crippen LogP contribution in [0.5, 0.6) is 11.5 Å². The van der Waals surface area contributed by atoms with E-state index in [4.69, 9.17) is 16.3 Å². The summed E-state index contributed by atoms with van der Waals surface area (Å²) < 4.78 is 19.2. The van der Waals surface area contributed by atoms with Crippen LogP contribution in [0.25, 0.3) is 0 Å². The second-order valence-corrected chi connectivity index (χ2v) is 14.0. The number of carbonyl (C=O) groups excluding carboxylic acids is 4. The van der Waals surface area contributed by atoms with Crippen LogP contribution in [0.2, 0.25) is 5.02 Å². The van der Waals surface area contributed by atoms with Crippen molar-refractivity contribution in [2.24, 2.45) is 23.7 Å². The molecule has 4 amide bonds. The van der Waals surface area contributed by atoms with Gasteiger partial charge in [-0.3, -0.25) is 34.7 Å². The number of aromatic hydroxyl groups is 1. The van der Waals surface area contributed by atoms with Crippen LogP contribution in [0.1, 0.15) is 29.9 Å². The van der Waals surface area contributed by atoms with Gasteiger partial charge in [0.15, 0.2) is 0 Å². The summed E-state index contributed by atoms with van der Waals surface area (Å²) >= 11 is 6.33. The summed E-state index contributed by atoms with van der Waals surface area (Å²) in [5, 5.41) is 24.5. The number of halogens is 2. The molecule has 12 nitrogen and oxygen atoms in total. The number of ether oxygens (including phenoxy) is 1. The first-order chi connectivity index (χ1) is 25.4. The number of rotatable bonds is 7. The lowest BCUT2D eigenvalue weighted by Crippen LogP contribution is -2.53. The molecule has 2 heterocycles. The summed E-state index contributed by atoms with van der Waals surface area (Å²) in [6, 6.07) is 21.6. The van der Waals surface area contributed by atoms with Crippen molar-refractivity contribution in [3.63, 3.8) is 0 Å². The highest BCUT2D eigenvalue weighted by atomic mass is 35.5. The van der Waals surface area contributed by atoms with Crippen LogP contribution in [0.3, 0.4) is 0 Å². The molecule has 2 saturated heterocycles. The third kappa shape index (κ3) is 5.09. The summed E-state index contributed by atoms with van der Waals surface area (Å²) in [6.45, 7) is 0. The maximum atomic E-state index is 15.2. The van der Waals surface area contributed by atoms with Crippen LogP contribution >= 0.6 is 11.6 Å². The number of fused-ring (bicyclic) bond motifs is 4. The van der Waals surface area contributed by atoms with E-state index in [0.717, 1.165) is 9.91 Å². The number of benzene rings is 4. The third-order valence-electron chi connectivity index (χ3n) is 11.1. The average molecular weight is 737 g/mol. The van der Waals surface area contributed by atoms with E-state index in [1.807, 2.05) is 6.08 Å². The van der Waals surface area contributed by atoms with Crippen molar-refractivity contribution in [1.29, 1.82) is 0 Å². The summed E-state index contributed by atoms with van der Waals surface area (Å²) in [5.41, 5.74) is 2.53. The molecule has 2 N–H and O–H groups in total. The number of anilines is 2. The van der Waals surface area contributed by atoms with E-state index in [2.05, 4.69) is 5.43 Å². The zero-order valence-electron chi connectivity index (χ0n) is 27.9. The SMILES string of the molecule is COc1ccc(C2C3=CCC4C(=O)N(c5cccc([N+](=O)[O-])c5)C(=O)C4C3CC3C(=O)N(Nc4ccc(F)cc4)C(=O)C32c2ccc(Cl)cc2)c(O)c1. The normalized spacial score (nSPS) is 26.2. The van der Waals surface area contributed by atoms with Gasteiger partial charge < -0.3 is 9.84 Å². The number of non-ortho nitro benzene ring substituents is 1. The molecule has 0 radical (unpaired) electrons. The molecule has 4 aromatic rings. The zero-order chi connectivity index (χ0) is 37.3. The Bertz CT molecular complexity index is 2260. The van der Waals surface area contributed by atoms with Crippen molar-refractivity contribution in [1.82, 2.24) is 5.01 Å². The highest BCUT2D eigenvalue weighted by Crippen LogP contribution is 2.65. The first kappa shape index (κ1) is 34.0. The maximum Gasteiger partial charge on any atom is 0.271 e. The Kier molecular flexibility index (Phi) is 8.06. The number of amides is 4. The number of nitrogens with zero attached hydrogens (tertiary/aromatic N) is 3. The van der Waals surface area contributed by atoms with Gasteiger partial charge in [0.2, 0.25) is 11.8 Å². The molecule has 6 atom stereocenters. The van der Waals surface area contributed by atoms with Crippen molar-refractivity contribution in [2.75, 3.05) is 17.4 Å². The fraction of sp³-hybridized carbons (Fsp3) is 0.231. The van der Waals surface area contributed by atoms with Crippen molar-refractivity contribution >= 4 is 52.3 Å². The number of methoxy groups -OCH3 is 1. The Balaban J connectivity index is 1.32. The number of imide groups is 2. The first-order valence-corrected chi connectivity index (χ1v) is 17.2. The molecule has 0 spiro atoms. The fourth-order valence-electron chi connectivity index (χ4n) is 8.89. The molecule has 4 aliphatic rings. The molecule has 3 fully saturated rings. The monoisotopic (exact) mass is 736 g/mol. The molecule has 53 heavy (non-hydrogen) atoms. The Morgan fingerprint density at radius 3 is 2.36 bits per heavy atom. The second kappa shape index (κ2) is 12.6. The van der Waals surface area contributed by atoms with E-state index in [9.17, 15) is 34.0 Å². The third-order valence-corrected chi connectivity index (χ3v) is 11.4. The van der Waals surface area contributed by atoms with Gasteiger partial charge in [-0.25, -0.2) is 9.29 Å². The standard InChI is InChI=1S/C39H30ClFN4O8/c1-53-26-13-14-28(32(46)18-26)34-27-15-16-29-33(37(49)43(35(29)47)24-3-2-4-25(17-24)45(51)52)30(27)19-31-36(48)44(42-23-11-9-22(41)10-12-23)38(50)39(31,34)20-5-7-21(40)8-6-20/h2-15,17-18,29-31,33-34,42,46H,16,19H2,1H3. The van der Waals surface area contributed by atoms with E-state index in [1.165, 1.54) is 61.7 Å². The predicted octanol–water partition coefficient (Wildman–Crippen LogP) is 6.29. The quantitative estimate of drug-likeness (QED) is 0.0962. The number of phenols is 1. The smallest absolute Gasteiger partial charge is 0.271 e. The summed E-state index contributed by atoms with van der Waals surface area (Å²) in [6.07, 6.45) is 1.89. The van der Waals surface area contributed by atoms with E-state index in [0.29, 0.717) is 21.9 Å². The molecular formula is C39H30ClFN4O8. The summed E-state index contributed by atoms with van der Waals surface area (Å²) in [5.74, 6) is -7.52. The zero-order valence-corrected chi connectivity index (χ0v) is 28.7. The predicted molar refractivity (Wildman–Crippen MR) is 189 cm³/mol. The van der Waals surface area contributed by atoms with Gasteiger partial charge in [-0.15, -0.1) is 0 Å². The van der Waals surface area contributed by atoms with Crippen LogP contribution in [-0.4, -0.2) is 45.8 Å². The van der Waals surface area contributed by atoms with E-state index in [-0.39, 0.29) is 41.2 Å². The van der Waals surface area contributed by atoms with Crippen molar-refractivity contribution in [3.8, 4) is 11.5 Å². The molecule has 268 valence electrons. The van der Waals surface area contributed by atoms with Gasteiger partial charge >= 0.3 is 0 Å². The van der Waals surface area contributed by atoms with Gasteiger partial charge in [-0.05, 0) is 72.9 Å². The lowest BCUT2D eigenvalue weighted by Gasteiger charge is -2.50. The number of nitro benzene ring substituents is 1. The molecule has 1 saturated carbocycles. The molecule has 0 bridgehead atoms.